The third-order valence-corrected chi connectivity index (χ3v) is 18.9. The molecule has 0 unspecified atom stereocenters. The number of rotatable bonds is 51. The molecule has 0 N–H and O–H groups in total. The van der Waals surface area contributed by atoms with Crippen molar-refractivity contribution in [2.75, 3.05) is 130 Å². The second kappa shape index (κ2) is 46.5. The van der Waals surface area contributed by atoms with Crippen LogP contribution in [0, 0.1) is 23.7 Å². The molecule has 0 saturated carbocycles. The lowest BCUT2D eigenvalue weighted by molar-refractivity contribution is 0.0435. The summed E-state index contributed by atoms with van der Waals surface area (Å²) in [6, 6.07) is 1.46. The SMILES string of the molecule is CCO[Si](CCCN=C(C)CC(C)C)(OCC)OCCN(CCO[Si](CCCN=C(C)CC(C)C)(OCC)OCC)CCN(CCOSCCCN=C(C)CC(C)C)CCOSCCCN=C(C)CC(C)C. The van der Waals surface area contributed by atoms with Gasteiger partial charge in [-0.15, -0.1) is 0 Å². The van der Waals surface area contributed by atoms with Gasteiger partial charge in [0.25, 0.3) is 0 Å². The summed E-state index contributed by atoms with van der Waals surface area (Å²) in [6.45, 7) is 46.7. The topological polar surface area (TPSA) is 130 Å². The summed E-state index contributed by atoms with van der Waals surface area (Å²) in [5, 5.41) is 0. The van der Waals surface area contributed by atoms with Crippen molar-refractivity contribution >= 4 is 64.5 Å². The first-order valence-electron chi connectivity index (χ1n) is 28.2. The second-order valence-electron chi connectivity index (χ2n) is 20.5. The molecule has 0 saturated heterocycles. The third kappa shape index (κ3) is 41.6. The van der Waals surface area contributed by atoms with E-state index in [-0.39, 0.29) is 0 Å². The zero-order chi connectivity index (χ0) is 53.9. The number of aliphatic imine (C=N–C) groups is 4. The van der Waals surface area contributed by atoms with E-state index in [2.05, 4.69) is 92.9 Å². The fourth-order valence-electron chi connectivity index (χ4n) is 8.28. The molecule has 0 spiro atoms. The third-order valence-electron chi connectivity index (χ3n) is 11.2. The van der Waals surface area contributed by atoms with Crippen molar-refractivity contribution in [3.8, 4) is 0 Å². The Labute approximate surface area is 454 Å². The summed E-state index contributed by atoms with van der Waals surface area (Å²) in [4.78, 5) is 24.1. The van der Waals surface area contributed by atoms with Gasteiger partial charge in [-0.05, 0) is 155 Å². The molecular weight excluding hydrogens is 981 g/mol. The van der Waals surface area contributed by atoms with Crippen molar-refractivity contribution < 1.29 is 34.9 Å². The fourth-order valence-corrected chi connectivity index (χ4v) is 14.5. The number of hydrogen-bond donors (Lipinski definition) is 0. The van der Waals surface area contributed by atoms with Crippen LogP contribution in [0.1, 0.15) is 162 Å². The van der Waals surface area contributed by atoms with Crippen molar-refractivity contribution in [3.63, 3.8) is 0 Å². The summed E-state index contributed by atoms with van der Waals surface area (Å²) in [5.74, 6) is 4.29. The molecule has 426 valence electrons. The lowest BCUT2D eigenvalue weighted by Crippen LogP contribution is -2.49. The molecule has 0 rings (SSSR count). The van der Waals surface area contributed by atoms with E-state index >= 15 is 0 Å². The first-order valence-corrected chi connectivity index (χ1v) is 33.9. The molecule has 0 aromatic rings. The minimum Gasteiger partial charge on any atom is -0.374 e. The van der Waals surface area contributed by atoms with Crippen LogP contribution in [-0.4, -0.2) is 180 Å². The Morgan fingerprint density at radius 2 is 0.667 bits per heavy atom. The van der Waals surface area contributed by atoms with Gasteiger partial charge in [-0.2, -0.15) is 0 Å². The van der Waals surface area contributed by atoms with E-state index in [0.717, 1.165) is 127 Å². The van der Waals surface area contributed by atoms with Crippen molar-refractivity contribution in [1.29, 1.82) is 0 Å². The molecule has 0 aromatic heterocycles. The Bertz CT molecular complexity index is 1310. The largest absolute Gasteiger partial charge is 0.501 e. The van der Waals surface area contributed by atoms with E-state index < -0.39 is 17.6 Å². The quantitative estimate of drug-likeness (QED) is 0.0249. The molecular formula is C54H112N6O8S2Si2. The van der Waals surface area contributed by atoms with Crippen molar-refractivity contribution in [3.05, 3.63) is 0 Å². The molecule has 18 heteroatoms. The molecule has 0 radical (unpaired) electrons. The Balaban J connectivity index is 6.21. The summed E-state index contributed by atoms with van der Waals surface area (Å²) in [7, 11) is -5.91. The maximum Gasteiger partial charge on any atom is 0.501 e. The maximum atomic E-state index is 6.79. The van der Waals surface area contributed by atoms with Gasteiger partial charge in [0, 0.05) is 138 Å². The number of hydrogen-bond acceptors (Lipinski definition) is 16. The zero-order valence-electron chi connectivity index (χ0n) is 49.3. The van der Waals surface area contributed by atoms with Crippen LogP contribution in [0.4, 0.5) is 0 Å². The van der Waals surface area contributed by atoms with Crippen LogP contribution < -0.4 is 0 Å². The Morgan fingerprint density at radius 1 is 0.389 bits per heavy atom. The van der Waals surface area contributed by atoms with Crippen LogP contribution in [0.2, 0.25) is 12.1 Å². The van der Waals surface area contributed by atoms with Crippen molar-refractivity contribution in [2.24, 2.45) is 43.6 Å². The first kappa shape index (κ1) is 71.4. The van der Waals surface area contributed by atoms with Gasteiger partial charge in [0.15, 0.2) is 0 Å². The zero-order valence-corrected chi connectivity index (χ0v) is 52.9. The minimum atomic E-state index is -2.96. The molecule has 0 bridgehead atoms. The number of nitrogens with zero attached hydrogens (tertiary/aromatic N) is 6. The van der Waals surface area contributed by atoms with Gasteiger partial charge in [-0.3, -0.25) is 29.8 Å². The Kier molecular flexibility index (Phi) is 46.1. The summed E-state index contributed by atoms with van der Waals surface area (Å²) < 4.78 is 51.5. The summed E-state index contributed by atoms with van der Waals surface area (Å²) in [6.07, 6.45) is 7.86. The average Bonchev–Trinajstić information content (AvgIpc) is 3.29. The van der Waals surface area contributed by atoms with Crippen LogP contribution in [0.5, 0.6) is 0 Å². The predicted octanol–water partition coefficient (Wildman–Crippen LogP) is 12.6. The molecule has 0 aliphatic carbocycles. The molecule has 0 aliphatic heterocycles. The standard InChI is InChI=1S/C54H112N6O8S2Si2/c1-17-63-71(64-18-2,41-23-27-57-53(15)45-49(9)10)67-37-33-60(34-38-68-72(65-19-3,66-20-4)42-24-28-58-54(16)46-50(11)12)30-29-59(31-35-61-69-39-21-25-55-51(13)43-47(5)6)32-36-62-70-40-22-26-56-52(14)44-48(7)8/h47-50H,17-46H2,1-16H3. The highest BCUT2D eigenvalue weighted by molar-refractivity contribution is 7.94. The van der Waals surface area contributed by atoms with E-state index in [1.54, 1.807) is 24.1 Å². The van der Waals surface area contributed by atoms with Crippen molar-refractivity contribution in [1.82, 2.24) is 9.80 Å². The average molecular weight is 1090 g/mol. The van der Waals surface area contributed by atoms with Gasteiger partial charge in [-0.25, -0.2) is 0 Å². The monoisotopic (exact) mass is 1090 g/mol. The summed E-state index contributed by atoms with van der Waals surface area (Å²) in [5.41, 5.74) is 4.86. The highest BCUT2D eigenvalue weighted by atomic mass is 32.2. The van der Waals surface area contributed by atoms with Gasteiger partial charge >= 0.3 is 17.6 Å². The Morgan fingerprint density at radius 3 is 0.944 bits per heavy atom. The van der Waals surface area contributed by atoms with E-state index in [9.17, 15) is 0 Å². The van der Waals surface area contributed by atoms with Crippen LogP contribution >= 0.6 is 24.1 Å². The predicted molar refractivity (Wildman–Crippen MR) is 317 cm³/mol. The Hall–Kier alpha value is -0.586. The fraction of sp³-hybridized carbons (Fsp3) is 0.926. The van der Waals surface area contributed by atoms with Gasteiger partial charge in [0.2, 0.25) is 0 Å². The van der Waals surface area contributed by atoms with E-state index in [4.69, 9.17) is 54.9 Å². The highest BCUT2D eigenvalue weighted by Gasteiger charge is 2.41. The van der Waals surface area contributed by atoms with E-state index in [0.29, 0.717) is 89.6 Å². The first-order chi connectivity index (χ1) is 34.4. The van der Waals surface area contributed by atoms with Crippen LogP contribution in [-0.2, 0) is 34.9 Å². The second-order valence-corrected chi connectivity index (χ2v) is 27.8. The van der Waals surface area contributed by atoms with Gasteiger partial charge in [0.05, 0.1) is 26.4 Å². The van der Waals surface area contributed by atoms with Crippen molar-refractivity contribution in [2.45, 2.75) is 174 Å². The molecule has 0 aliphatic rings. The lowest BCUT2D eigenvalue weighted by atomic mass is 10.1. The van der Waals surface area contributed by atoms with Crippen LogP contribution in [0.15, 0.2) is 20.0 Å². The highest BCUT2D eigenvalue weighted by Crippen LogP contribution is 2.21. The normalized spacial score (nSPS) is 13.8. The van der Waals surface area contributed by atoms with Crippen LogP contribution in [0.3, 0.4) is 0 Å². The molecule has 0 amide bonds. The van der Waals surface area contributed by atoms with Crippen LogP contribution in [0.25, 0.3) is 0 Å². The molecule has 72 heavy (non-hydrogen) atoms. The van der Waals surface area contributed by atoms with Gasteiger partial charge in [0.1, 0.15) is 0 Å². The van der Waals surface area contributed by atoms with E-state index in [1.165, 1.54) is 22.8 Å². The molecule has 0 atom stereocenters. The molecule has 0 fully saturated rings. The van der Waals surface area contributed by atoms with Gasteiger partial charge < -0.3 is 34.9 Å². The molecule has 0 heterocycles. The lowest BCUT2D eigenvalue weighted by Gasteiger charge is -2.33. The molecule has 0 aromatic carbocycles. The minimum absolute atomic E-state index is 0.483. The summed E-state index contributed by atoms with van der Waals surface area (Å²) >= 11 is 3.11. The smallest absolute Gasteiger partial charge is 0.374 e. The molecule has 14 nitrogen and oxygen atoms in total. The van der Waals surface area contributed by atoms with E-state index in [1.807, 2.05) is 27.7 Å². The maximum absolute atomic E-state index is 6.79. The van der Waals surface area contributed by atoms with Gasteiger partial charge in [-0.1, -0.05) is 55.4 Å².